The fourth-order valence-electron chi connectivity index (χ4n) is 2.61. The Hall–Kier alpha value is -3.26. The molecule has 6 heteroatoms. The molecule has 0 aliphatic carbocycles. The van der Waals surface area contributed by atoms with E-state index in [0.717, 1.165) is 11.1 Å². The summed E-state index contributed by atoms with van der Waals surface area (Å²) in [6.45, 7) is 0. The lowest BCUT2D eigenvalue weighted by Crippen LogP contribution is -2.09. The van der Waals surface area contributed by atoms with Crippen LogP contribution in [0.1, 0.15) is 21.5 Å². The van der Waals surface area contributed by atoms with Crippen LogP contribution in [0.25, 0.3) is 11.6 Å². The number of esters is 1. The number of rotatable bonds is 5. The van der Waals surface area contributed by atoms with Crippen LogP contribution in [0.5, 0.6) is 11.5 Å². The van der Waals surface area contributed by atoms with Gasteiger partial charge in [0.15, 0.2) is 11.5 Å². The van der Waals surface area contributed by atoms with Gasteiger partial charge in [0.25, 0.3) is 0 Å². The number of ether oxygens (including phenoxy) is 2. The van der Waals surface area contributed by atoms with E-state index >= 15 is 0 Å². The highest BCUT2D eigenvalue weighted by molar-refractivity contribution is 6.31. The summed E-state index contributed by atoms with van der Waals surface area (Å²) in [6.07, 6.45) is 1.72. The van der Waals surface area contributed by atoms with E-state index in [-0.39, 0.29) is 5.75 Å². The number of methoxy groups -OCH3 is 1. The van der Waals surface area contributed by atoms with Gasteiger partial charge in [0.2, 0.25) is 0 Å². The van der Waals surface area contributed by atoms with E-state index < -0.39 is 5.97 Å². The number of hydrogen-bond acceptors (Lipinski definition) is 4. The fourth-order valence-corrected chi connectivity index (χ4v) is 2.93. The third-order valence-electron chi connectivity index (χ3n) is 4.04. The summed E-state index contributed by atoms with van der Waals surface area (Å²) in [5, 5.41) is 10.5. The van der Waals surface area contributed by atoms with Crippen LogP contribution >= 0.6 is 23.2 Å². The van der Waals surface area contributed by atoms with Crippen molar-refractivity contribution in [1.29, 1.82) is 5.26 Å². The lowest BCUT2D eigenvalue weighted by atomic mass is 10.0. The first-order chi connectivity index (χ1) is 14.0. The summed E-state index contributed by atoms with van der Waals surface area (Å²) in [5.41, 5.74) is 2.26. The first kappa shape index (κ1) is 20.5. The molecule has 0 saturated carbocycles. The molecule has 0 heterocycles. The molecule has 0 bridgehead atoms. The molecule has 3 aromatic carbocycles. The van der Waals surface area contributed by atoms with Gasteiger partial charge >= 0.3 is 5.97 Å². The standard InChI is InChI=1S/C23H15Cl2NO3/c1-28-22-12-15(11-18(14-26)16-6-8-19(24)9-7-16)5-10-21(22)29-23(27)17-3-2-4-20(25)13-17/h2-13H,1H3/b18-11-. The number of nitrogens with zero attached hydrogens (tertiary/aromatic N) is 1. The molecular weight excluding hydrogens is 409 g/mol. The van der Waals surface area contributed by atoms with Gasteiger partial charge < -0.3 is 9.47 Å². The molecular formula is C23H15Cl2NO3. The molecule has 0 aliphatic rings. The number of hydrogen-bond donors (Lipinski definition) is 0. The lowest BCUT2D eigenvalue weighted by molar-refractivity contribution is 0.0729. The maximum absolute atomic E-state index is 12.4. The summed E-state index contributed by atoms with van der Waals surface area (Å²) >= 11 is 11.8. The van der Waals surface area contributed by atoms with E-state index in [9.17, 15) is 10.1 Å². The molecule has 0 amide bonds. The van der Waals surface area contributed by atoms with E-state index in [2.05, 4.69) is 6.07 Å². The van der Waals surface area contributed by atoms with Crippen LogP contribution in [0.4, 0.5) is 0 Å². The molecule has 0 spiro atoms. The fraction of sp³-hybridized carbons (Fsp3) is 0.0435. The van der Waals surface area contributed by atoms with Crippen molar-refractivity contribution in [2.75, 3.05) is 7.11 Å². The van der Waals surface area contributed by atoms with Gasteiger partial charge in [-0.25, -0.2) is 4.79 Å². The molecule has 0 saturated heterocycles. The zero-order chi connectivity index (χ0) is 20.8. The minimum Gasteiger partial charge on any atom is -0.493 e. The predicted molar refractivity (Wildman–Crippen MR) is 114 cm³/mol. The smallest absolute Gasteiger partial charge is 0.343 e. The molecule has 0 radical (unpaired) electrons. The molecule has 0 aromatic heterocycles. The zero-order valence-electron chi connectivity index (χ0n) is 15.4. The maximum atomic E-state index is 12.4. The molecule has 4 nitrogen and oxygen atoms in total. The van der Waals surface area contributed by atoms with Crippen molar-refractivity contribution in [3.63, 3.8) is 0 Å². The van der Waals surface area contributed by atoms with Crippen LogP contribution in [-0.2, 0) is 0 Å². The summed E-state index contributed by atoms with van der Waals surface area (Å²) in [5.74, 6) is 0.0788. The second-order valence-corrected chi connectivity index (χ2v) is 6.86. The highest BCUT2D eigenvalue weighted by Gasteiger charge is 2.13. The van der Waals surface area contributed by atoms with Gasteiger partial charge in [-0.05, 0) is 59.7 Å². The van der Waals surface area contributed by atoms with Crippen LogP contribution in [0.2, 0.25) is 10.0 Å². The van der Waals surface area contributed by atoms with Crippen LogP contribution in [-0.4, -0.2) is 13.1 Å². The minimum atomic E-state index is -0.548. The number of halogens is 2. The lowest BCUT2D eigenvalue weighted by Gasteiger charge is -2.10. The first-order valence-corrected chi connectivity index (χ1v) is 9.29. The molecule has 3 rings (SSSR count). The maximum Gasteiger partial charge on any atom is 0.343 e. The number of allylic oxidation sites excluding steroid dienone is 1. The summed E-state index contributed by atoms with van der Waals surface area (Å²) < 4.78 is 10.8. The van der Waals surface area contributed by atoms with Gasteiger partial charge in [-0.15, -0.1) is 0 Å². The SMILES string of the molecule is COc1cc(/C=C(/C#N)c2ccc(Cl)cc2)ccc1OC(=O)c1cccc(Cl)c1. The second-order valence-electron chi connectivity index (χ2n) is 5.99. The first-order valence-electron chi connectivity index (χ1n) is 8.53. The van der Waals surface area contributed by atoms with E-state index in [4.69, 9.17) is 32.7 Å². The van der Waals surface area contributed by atoms with Gasteiger partial charge in [0.05, 0.1) is 24.3 Å². The van der Waals surface area contributed by atoms with Crippen molar-refractivity contribution in [2.24, 2.45) is 0 Å². The normalized spacial score (nSPS) is 10.9. The monoisotopic (exact) mass is 423 g/mol. The van der Waals surface area contributed by atoms with Crippen LogP contribution in [0.15, 0.2) is 66.7 Å². The Morgan fingerprint density at radius 2 is 1.69 bits per heavy atom. The van der Waals surface area contributed by atoms with E-state index in [1.807, 2.05) is 0 Å². The van der Waals surface area contributed by atoms with E-state index in [0.29, 0.717) is 26.9 Å². The highest BCUT2D eigenvalue weighted by atomic mass is 35.5. The predicted octanol–water partition coefficient (Wildman–Crippen LogP) is 6.29. The molecule has 0 unspecified atom stereocenters. The molecule has 29 heavy (non-hydrogen) atoms. The van der Waals surface area contributed by atoms with Crippen molar-refractivity contribution in [2.45, 2.75) is 0 Å². The largest absolute Gasteiger partial charge is 0.493 e. The van der Waals surface area contributed by atoms with Crippen LogP contribution in [0, 0.1) is 11.3 Å². The third kappa shape index (κ3) is 5.17. The van der Waals surface area contributed by atoms with E-state index in [1.54, 1.807) is 66.7 Å². The zero-order valence-corrected chi connectivity index (χ0v) is 16.9. The molecule has 0 atom stereocenters. The number of nitriles is 1. The van der Waals surface area contributed by atoms with Gasteiger partial charge in [0.1, 0.15) is 0 Å². The van der Waals surface area contributed by atoms with Crippen molar-refractivity contribution >= 4 is 40.8 Å². The molecule has 0 fully saturated rings. The van der Waals surface area contributed by atoms with Crippen molar-refractivity contribution in [1.82, 2.24) is 0 Å². The van der Waals surface area contributed by atoms with Crippen molar-refractivity contribution < 1.29 is 14.3 Å². The highest BCUT2D eigenvalue weighted by Crippen LogP contribution is 2.31. The Labute approximate surface area is 178 Å². The minimum absolute atomic E-state index is 0.264. The Balaban J connectivity index is 1.87. The Kier molecular flexibility index (Phi) is 6.56. The van der Waals surface area contributed by atoms with Crippen molar-refractivity contribution in [3.05, 3.63) is 93.5 Å². The summed E-state index contributed by atoms with van der Waals surface area (Å²) in [4.78, 5) is 12.4. The molecule has 0 N–H and O–H groups in total. The Bertz CT molecular complexity index is 1120. The van der Waals surface area contributed by atoms with Crippen molar-refractivity contribution in [3.8, 4) is 17.6 Å². The molecule has 0 aliphatic heterocycles. The van der Waals surface area contributed by atoms with Crippen LogP contribution < -0.4 is 9.47 Å². The van der Waals surface area contributed by atoms with Gasteiger partial charge in [0, 0.05) is 10.0 Å². The number of carbonyl (C=O) groups excluding carboxylic acids is 1. The van der Waals surface area contributed by atoms with Gasteiger partial charge in [-0.2, -0.15) is 5.26 Å². The quantitative estimate of drug-likeness (QED) is 0.209. The third-order valence-corrected chi connectivity index (χ3v) is 4.52. The second kappa shape index (κ2) is 9.29. The average Bonchev–Trinajstić information content (AvgIpc) is 2.73. The number of carbonyl (C=O) groups is 1. The molecule has 3 aromatic rings. The Morgan fingerprint density at radius 3 is 2.34 bits per heavy atom. The topological polar surface area (TPSA) is 59.3 Å². The van der Waals surface area contributed by atoms with Gasteiger partial charge in [-0.1, -0.05) is 47.5 Å². The summed E-state index contributed by atoms with van der Waals surface area (Å²) in [7, 11) is 1.48. The number of benzene rings is 3. The van der Waals surface area contributed by atoms with Gasteiger partial charge in [-0.3, -0.25) is 0 Å². The van der Waals surface area contributed by atoms with Crippen LogP contribution in [0.3, 0.4) is 0 Å². The molecule has 144 valence electrons. The average molecular weight is 424 g/mol. The van der Waals surface area contributed by atoms with E-state index in [1.165, 1.54) is 13.2 Å². The summed E-state index contributed by atoms with van der Waals surface area (Å²) in [6, 6.07) is 20.7. The Morgan fingerprint density at radius 1 is 0.931 bits per heavy atom.